The monoisotopic (exact) mass is 246 g/mol. The SMILES string of the molecule is CCC(CC)O[Si]c1cc(F)c(F)cc1F. The summed E-state index contributed by atoms with van der Waals surface area (Å²) in [6, 6.07) is 1.40. The van der Waals surface area contributed by atoms with E-state index in [0.717, 1.165) is 18.9 Å². The maximum atomic E-state index is 13.2. The molecule has 0 fully saturated rings. The minimum absolute atomic E-state index is 0.0332. The second kappa shape index (κ2) is 6.05. The third-order valence-corrected chi connectivity index (χ3v) is 3.31. The van der Waals surface area contributed by atoms with Gasteiger partial charge in [0.1, 0.15) is 5.82 Å². The average molecular weight is 246 g/mol. The molecule has 0 saturated heterocycles. The van der Waals surface area contributed by atoms with Crippen molar-refractivity contribution in [1.29, 1.82) is 0 Å². The van der Waals surface area contributed by atoms with E-state index in [-0.39, 0.29) is 21.1 Å². The van der Waals surface area contributed by atoms with Gasteiger partial charge in [0.15, 0.2) is 11.6 Å². The standard InChI is InChI=1S/C11H13F3OSi/c1-3-7(4-2)15-16-11-6-9(13)8(12)5-10(11)14/h5-7H,3-4H2,1-2H3. The van der Waals surface area contributed by atoms with Gasteiger partial charge in [-0.25, -0.2) is 13.2 Å². The lowest BCUT2D eigenvalue weighted by molar-refractivity contribution is 0.206. The van der Waals surface area contributed by atoms with E-state index in [4.69, 9.17) is 4.43 Å². The Morgan fingerprint density at radius 1 is 1.06 bits per heavy atom. The largest absolute Gasteiger partial charge is 0.408 e. The summed E-state index contributed by atoms with van der Waals surface area (Å²) < 4.78 is 44.1. The molecule has 0 saturated carbocycles. The van der Waals surface area contributed by atoms with Gasteiger partial charge in [0.25, 0.3) is 9.76 Å². The second-order valence-electron chi connectivity index (χ2n) is 3.40. The molecule has 0 aliphatic rings. The third-order valence-electron chi connectivity index (χ3n) is 2.26. The van der Waals surface area contributed by atoms with Crippen LogP contribution in [0.3, 0.4) is 0 Å². The van der Waals surface area contributed by atoms with E-state index in [1.54, 1.807) is 0 Å². The lowest BCUT2D eigenvalue weighted by Crippen LogP contribution is -2.26. The van der Waals surface area contributed by atoms with Crippen LogP contribution in [-0.2, 0) is 4.43 Å². The topological polar surface area (TPSA) is 9.23 Å². The van der Waals surface area contributed by atoms with Crippen LogP contribution in [-0.4, -0.2) is 15.9 Å². The Balaban J connectivity index is 2.70. The number of rotatable bonds is 5. The Kier molecular flexibility index (Phi) is 5.01. The zero-order valence-corrected chi connectivity index (χ0v) is 10.2. The van der Waals surface area contributed by atoms with E-state index < -0.39 is 17.5 Å². The van der Waals surface area contributed by atoms with Gasteiger partial charge in [-0.05, 0) is 18.9 Å². The highest BCUT2D eigenvalue weighted by Crippen LogP contribution is 2.06. The molecule has 16 heavy (non-hydrogen) atoms. The fourth-order valence-electron chi connectivity index (χ4n) is 1.20. The van der Waals surface area contributed by atoms with Crippen molar-refractivity contribution < 1.29 is 17.6 Å². The van der Waals surface area contributed by atoms with Gasteiger partial charge >= 0.3 is 0 Å². The first-order valence-electron chi connectivity index (χ1n) is 5.14. The molecule has 0 amide bonds. The number of hydrogen-bond donors (Lipinski definition) is 0. The Bertz CT molecular complexity index is 353. The highest BCUT2D eigenvalue weighted by atomic mass is 28.2. The van der Waals surface area contributed by atoms with E-state index in [2.05, 4.69) is 0 Å². The van der Waals surface area contributed by atoms with Gasteiger partial charge in [-0.1, -0.05) is 13.8 Å². The van der Waals surface area contributed by atoms with Crippen LogP contribution < -0.4 is 5.19 Å². The van der Waals surface area contributed by atoms with Crippen molar-refractivity contribution >= 4 is 14.9 Å². The molecule has 0 N–H and O–H groups in total. The predicted octanol–water partition coefficient (Wildman–Crippen LogP) is 2.55. The maximum absolute atomic E-state index is 13.2. The van der Waals surface area contributed by atoms with Crippen LogP contribution in [0.2, 0.25) is 0 Å². The van der Waals surface area contributed by atoms with E-state index >= 15 is 0 Å². The number of halogens is 3. The minimum Gasteiger partial charge on any atom is -0.408 e. The number of hydrogen-bond acceptors (Lipinski definition) is 1. The molecule has 1 nitrogen and oxygen atoms in total. The first-order chi connectivity index (χ1) is 7.58. The highest BCUT2D eigenvalue weighted by molar-refractivity contribution is 6.47. The fraction of sp³-hybridized carbons (Fsp3) is 0.455. The van der Waals surface area contributed by atoms with Crippen LogP contribution in [0.1, 0.15) is 26.7 Å². The first kappa shape index (κ1) is 13.3. The quantitative estimate of drug-likeness (QED) is 0.573. The van der Waals surface area contributed by atoms with E-state index in [1.165, 1.54) is 0 Å². The van der Waals surface area contributed by atoms with Crippen molar-refractivity contribution in [2.75, 3.05) is 0 Å². The van der Waals surface area contributed by atoms with Crippen molar-refractivity contribution in [3.8, 4) is 0 Å². The van der Waals surface area contributed by atoms with Crippen molar-refractivity contribution in [3.63, 3.8) is 0 Å². The van der Waals surface area contributed by atoms with Gasteiger partial charge in [0.05, 0.1) is 0 Å². The summed E-state index contributed by atoms with van der Waals surface area (Å²) in [6.45, 7) is 3.92. The summed E-state index contributed by atoms with van der Waals surface area (Å²) >= 11 is 0. The third kappa shape index (κ3) is 3.35. The summed E-state index contributed by atoms with van der Waals surface area (Å²) in [4.78, 5) is 0. The summed E-state index contributed by atoms with van der Waals surface area (Å²) in [5, 5.41) is 0.0748. The van der Waals surface area contributed by atoms with Crippen LogP contribution in [0.4, 0.5) is 13.2 Å². The molecule has 0 spiro atoms. The molecule has 0 aliphatic carbocycles. The molecule has 0 unspecified atom stereocenters. The molecule has 0 aromatic heterocycles. The normalized spacial score (nSPS) is 11.1. The van der Waals surface area contributed by atoms with Gasteiger partial charge in [0.2, 0.25) is 0 Å². The maximum Gasteiger partial charge on any atom is 0.272 e. The van der Waals surface area contributed by atoms with Crippen molar-refractivity contribution in [2.24, 2.45) is 0 Å². The molecular formula is C11H13F3OSi. The molecule has 0 bridgehead atoms. The zero-order chi connectivity index (χ0) is 12.1. The first-order valence-corrected chi connectivity index (χ1v) is 6.05. The summed E-state index contributed by atoms with van der Waals surface area (Å²) in [7, 11) is -0.292. The van der Waals surface area contributed by atoms with E-state index in [0.29, 0.717) is 6.07 Å². The molecule has 0 atom stereocenters. The summed E-state index contributed by atoms with van der Waals surface area (Å²) in [5.41, 5.74) is 0. The molecule has 88 valence electrons. The smallest absolute Gasteiger partial charge is 0.272 e. The summed E-state index contributed by atoms with van der Waals surface area (Å²) in [6.07, 6.45) is 1.66. The Labute approximate surface area is 95.6 Å². The van der Waals surface area contributed by atoms with Gasteiger partial charge in [0, 0.05) is 17.4 Å². The zero-order valence-electron chi connectivity index (χ0n) is 9.19. The van der Waals surface area contributed by atoms with Gasteiger partial charge < -0.3 is 4.43 Å². The average Bonchev–Trinajstić information content (AvgIpc) is 2.26. The fourth-order valence-corrected chi connectivity index (χ4v) is 2.19. The molecule has 2 radical (unpaired) electrons. The van der Waals surface area contributed by atoms with Crippen LogP contribution in [0.15, 0.2) is 12.1 Å². The van der Waals surface area contributed by atoms with Crippen molar-refractivity contribution in [1.82, 2.24) is 0 Å². The predicted molar refractivity (Wildman–Crippen MR) is 57.2 cm³/mol. The number of benzene rings is 1. The molecular weight excluding hydrogens is 233 g/mol. The minimum atomic E-state index is -1.17. The lowest BCUT2D eigenvalue weighted by Gasteiger charge is -2.13. The Morgan fingerprint density at radius 2 is 1.62 bits per heavy atom. The molecule has 0 heterocycles. The molecule has 5 heteroatoms. The lowest BCUT2D eigenvalue weighted by atomic mass is 10.2. The van der Waals surface area contributed by atoms with Crippen molar-refractivity contribution in [3.05, 3.63) is 29.6 Å². The van der Waals surface area contributed by atoms with Crippen molar-refractivity contribution in [2.45, 2.75) is 32.8 Å². The van der Waals surface area contributed by atoms with Crippen LogP contribution in [0.5, 0.6) is 0 Å². The van der Waals surface area contributed by atoms with Crippen LogP contribution in [0, 0.1) is 17.5 Å². The Morgan fingerprint density at radius 3 is 2.19 bits per heavy atom. The van der Waals surface area contributed by atoms with E-state index in [1.807, 2.05) is 13.8 Å². The van der Waals surface area contributed by atoms with Crippen LogP contribution >= 0.6 is 0 Å². The molecule has 0 aliphatic heterocycles. The second-order valence-corrected chi connectivity index (χ2v) is 4.38. The molecule has 1 rings (SSSR count). The highest BCUT2D eigenvalue weighted by Gasteiger charge is 2.13. The molecule has 1 aromatic rings. The Hall–Kier alpha value is -0.813. The van der Waals surface area contributed by atoms with Gasteiger partial charge in [-0.2, -0.15) is 0 Å². The van der Waals surface area contributed by atoms with Crippen LogP contribution in [0.25, 0.3) is 0 Å². The van der Waals surface area contributed by atoms with Gasteiger partial charge in [-0.3, -0.25) is 0 Å². The van der Waals surface area contributed by atoms with Gasteiger partial charge in [-0.15, -0.1) is 0 Å². The molecule has 1 aromatic carbocycles. The summed E-state index contributed by atoms with van der Waals surface area (Å²) in [5.74, 6) is -2.98. The van der Waals surface area contributed by atoms with E-state index in [9.17, 15) is 13.2 Å².